The molecule has 0 bridgehead atoms. The average molecular weight is 175 g/mol. The summed E-state index contributed by atoms with van der Waals surface area (Å²) in [6.45, 7) is 5.36. The topological polar surface area (TPSA) is 0 Å². The number of rotatable bonds is 0. The van der Waals surface area contributed by atoms with E-state index in [9.17, 15) is 0 Å². The van der Waals surface area contributed by atoms with Crippen LogP contribution >= 0.6 is 17.0 Å². The summed E-state index contributed by atoms with van der Waals surface area (Å²) in [5, 5.41) is 0. The maximum atomic E-state index is 3.42. The Kier molecular flexibility index (Phi) is 102. The van der Waals surface area contributed by atoms with Gasteiger partial charge < -0.3 is 7.43 Å². The third kappa shape index (κ3) is 46.9. The van der Waals surface area contributed by atoms with Crippen LogP contribution in [0.25, 0.3) is 0 Å². The first kappa shape index (κ1) is 24.8. The van der Waals surface area contributed by atoms with Crippen LogP contribution in [0, 0.1) is 14.4 Å². The van der Waals surface area contributed by atoms with Gasteiger partial charge in [0.05, 0.1) is 0 Å². The van der Waals surface area contributed by atoms with Crippen LogP contribution in [0.3, 0.4) is 0 Å². The van der Waals surface area contributed by atoms with Crippen LogP contribution in [-0.4, -0.2) is 23.1 Å². The summed E-state index contributed by atoms with van der Waals surface area (Å²) in [6, 6.07) is 0. The molecule has 0 aliphatic rings. The van der Waals surface area contributed by atoms with Crippen molar-refractivity contribution in [2.75, 3.05) is 0 Å². The normalized spacial score (nSPS) is 5.29. The Morgan fingerprint density at radius 1 is 1.43 bits per heavy atom. The standard InChI is InChI=1S/C4H7.CH3.BrH.Mg/c1-3-4-2;;;/h3-4H,1H2,2H3;1H3;1H;/q2*-1;;+2. The van der Waals surface area contributed by atoms with Crippen molar-refractivity contribution in [1.82, 2.24) is 0 Å². The molecular formula is C5H11BrMg. The molecule has 0 amide bonds. The quantitative estimate of drug-likeness (QED) is 0.390. The summed E-state index contributed by atoms with van der Waals surface area (Å²) in [4.78, 5) is 0. The van der Waals surface area contributed by atoms with Crippen molar-refractivity contribution in [2.45, 2.75) is 6.92 Å². The first-order chi connectivity index (χ1) is 1.91. The van der Waals surface area contributed by atoms with E-state index in [0.29, 0.717) is 0 Å². The minimum atomic E-state index is 0. The summed E-state index contributed by atoms with van der Waals surface area (Å²) >= 11 is 0. The first-order valence-electron chi connectivity index (χ1n) is 1.32. The van der Waals surface area contributed by atoms with E-state index in [1.165, 1.54) is 0 Å². The largest absolute Gasteiger partial charge is 2.00 e. The third-order valence-corrected chi connectivity index (χ3v) is 0.236. The zero-order valence-corrected chi connectivity index (χ0v) is 8.10. The number of halogens is 1. The van der Waals surface area contributed by atoms with E-state index >= 15 is 0 Å². The Morgan fingerprint density at radius 2 is 1.57 bits per heavy atom. The molecule has 0 aromatic heterocycles. The first-order valence-corrected chi connectivity index (χ1v) is 1.32. The molecule has 0 N–H and O–H groups in total. The molecule has 0 heterocycles. The molecule has 0 saturated heterocycles. The average Bonchev–Trinajstić information content (AvgIpc) is 1.37. The van der Waals surface area contributed by atoms with Crippen molar-refractivity contribution in [2.24, 2.45) is 0 Å². The van der Waals surface area contributed by atoms with Crippen LogP contribution in [-0.2, 0) is 0 Å². The van der Waals surface area contributed by atoms with Crippen molar-refractivity contribution in [1.29, 1.82) is 0 Å². The van der Waals surface area contributed by atoms with E-state index in [0.717, 1.165) is 0 Å². The zero-order valence-electron chi connectivity index (χ0n) is 4.98. The molecule has 0 atom stereocenters. The Morgan fingerprint density at radius 3 is 1.57 bits per heavy atom. The van der Waals surface area contributed by atoms with E-state index in [4.69, 9.17) is 0 Å². The van der Waals surface area contributed by atoms with Gasteiger partial charge in [-0.15, -0.1) is 23.9 Å². The van der Waals surface area contributed by atoms with Gasteiger partial charge in [0.15, 0.2) is 0 Å². The van der Waals surface area contributed by atoms with Crippen LogP contribution in [0.1, 0.15) is 6.92 Å². The van der Waals surface area contributed by atoms with Crippen molar-refractivity contribution >= 4 is 40.0 Å². The van der Waals surface area contributed by atoms with Crippen LogP contribution < -0.4 is 0 Å². The summed E-state index contributed by atoms with van der Waals surface area (Å²) in [5.74, 6) is 0. The summed E-state index contributed by atoms with van der Waals surface area (Å²) in [5.41, 5.74) is 0. The van der Waals surface area contributed by atoms with Gasteiger partial charge in [-0.05, 0) is 0 Å². The molecule has 0 aliphatic heterocycles. The molecule has 0 aromatic rings. The molecule has 0 fully saturated rings. The van der Waals surface area contributed by atoms with Gasteiger partial charge in [0, 0.05) is 0 Å². The van der Waals surface area contributed by atoms with Gasteiger partial charge >= 0.3 is 23.1 Å². The third-order valence-electron chi connectivity index (χ3n) is 0.236. The van der Waals surface area contributed by atoms with E-state index < -0.39 is 0 Å². The van der Waals surface area contributed by atoms with Gasteiger partial charge in [0.1, 0.15) is 0 Å². The van der Waals surface area contributed by atoms with E-state index in [1.807, 2.05) is 13.0 Å². The fraction of sp³-hybridized carbons (Fsp3) is 0.200. The van der Waals surface area contributed by atoms with Crippen molar-refractivity contribution in [3.8, 4) is 0 Å². The Labute approximate surface area is 73.3 Å². The molecule has 0 rings (SSSR count). The Bertz CT molecular complexity index is 23.3. The van der Waals surface area contributed by atoms with Crippen molar-refractivity contribution in [3.63, 3.8) is 0 Å². The van der Waals surface area contributed by atoms with E-state index in [1.54, 1.807) is 6.08 Å². The molecule has 0 nitrogen and oxygen atoms in total. The molecular weight excluding hydrogens is 164 g/mol. The molecule has 7 heavy (non-hydrogen) atoms. The van der Waals surface area contributed by atoms with E-state index in [2.05, 4.69) is 6.92 Å². The summed E-state index contributed by atoms with van der Waals surface area (Å²) in [7, 11) is 0. The monoisotopic (exact) mass is 174 g/mol. The Balaban J connectivity index is -0.0000000150. The van der Waals surface area contributed by atoms with Crippen molar-refractivity contribution in [3.05, 3.63) is 26.5 Å². The van der Waals surface area contributed by atoms with Crippen molar-refractivity contribution < 1.29 is 0 Å². The van der Waals surface area contributed by atoms with Gasteiger partial charge in [-0.2, -0.15) is 0 Å². The molecule has 40 valence electrons. The van der Waals surface area contributed by atoms with E-state index in [-0.39, 0.29) is 47.5 Å². The maximum absolute atomic E-state index is 3.42. The summed E-state index contributed by atoms with van der Waals surface area (Å²) in [6.07, 6.45) is 3.64. The SMILES string of the molecule is Br.[CH2-]C=CC.[CH3-].[Mg+2]. The zero-order chi connectivity index (χ0) is 3.41. The predicted molar refractivity (Wildman–Crippen MR) is 42.7 cm³/mol. The fourth-order valence-corrected chi connectivity index (χ4v) is 0. The second kappa shape index (κ2) is 28.8. The summed E-state index contributed by atoms with van der Waals surface area (Å²) < 4.78 is 0. The van der Waals surface area contributed by atoms with Crippen LogP contribution in [0.4, 0.5) is 0 Å². The second-order valence-corrected chi connectivity index (χ2v) is 0.569. The molecule has 0 spiro atoms. The maximum Gasteiger partial charge on any atom is 2.00 e. The predicted octanol–water partition coefficient (Wildman–Crippen LogP) is 2.04. The van der Waals surface area contributed by atoms with Gasteiger partial charge in [-0.1, -0.05) is 0 Å². The molecule has 0 radical (unpaired) electrons. The molecule has 0 aromatic carbocycles. The smallest absolute Gasteiger partial charge is 0.358 e. The number of hydrogen-bond acceptors (Lipinski definition) is 0. The molecule has 0 aliphatic carbocycles. The minimum absolute atomic E-state index is 0. The van der Waals surface area contributed by atoms with Crippen LogP contribution in [0.2, 0.25) is 0 Å². The molecule has 2 heteroatoms. The minimum Gasteiger partial charge on any atom is -0.358 e. The van der Waals surface area contributed by atoms with Gasteiger partial charge in [0.25, 0.3) is 0 Å². The fourth-order valence-electron chi connectivity index (χ4n) is 0. The molecule has 0 unspecified atom stereocenters. The number of hydrogen-bond donors (Lipinski definition) is 0. The number of allylic oxidation sites excluding steroid dienone is 2. The van der Waals surface area contributed by atoms with Gasteiger partial charge in [0.2, 0.25) is 0 Å². The molecule has 0 saturated carbocycles. The van der Waals surface area contributed by atoms with Crippen LogP contribution in [0.5, 0.6) is 0 Å². The Hall–Kier alpha value is 0.856. The second-order valence-electron chi connectivity index (χ2n) is 0.569. The van der Waals surface area contributed by atoms with Gasteiger partial charge in [-0.3, -0.25) is 0 Å². The van der Waals surface area contributed by atoms with Crippen LogP contribution in [0.15, 0.2) is 12.2 Å². The van der Waals surface area contributed by atoms with Gasteiger partial charge in [-0.25, -0.2) is 19.1 Å².